The van der Waals surface area contributed by atoms with Gasteiger partial charge in [-0.2, -0.15) is 0 Å². The first-order chi connectivity index (χ1) is 9.56. The third-order valence-electron chi connectivity index (χ3n) is 2.45. The van der Waals surface area contributed by atoms with E-state index in [4.69, 9.17) is 0 Å². The number of carbonyl (C=O) groups excluding carboxylic acids is 1. The van der Waals surface area contributed by atoms with Crippen LogP contribution in [0.4, 0.5) is 10.1 Å². The number of anilines is 1. The van der Waals surface area contributed by atoms with Crippen LogP contribution in [0.2, 0.25) is 0 Å². The van der Waals surface area contributed by atoms with Crippen LogP contribution in [0.25, 0.3) is 0 Å². The molecule has 0 fully saturated rings. The van der Waals surface area contributed by atoms with Gasteiger partial charge in [-0.1, -0.05) is 34.1 Å². The van der Waals surface area contributed by atoms with Gasteiger partial charge in [-0.05, 0) is 30.3 Å². The fourth-order valence-electron chi connectivity index (χ4n) is 1.59. The number of benzene rings is 2. The van der Waals surface area contributed by atoms with Gasteiger partial charge >= 0.3 is 0 Å². The molecule has 0 spiro atoms. The molecule has 1 amide bonds. The molecule has 0 heterocycles. The lowest BCUT2D eigenvalue weighted by Gasteiger charge is -2.06. The Morgan fingerprint density at radius 2 is 1.95 bits per heavy atom. The Bertz CT molecular complexity index is 663. The second kappa shape index (κ2) is 6.76. The Morgan fingerprint density at radius 1 is 1.20 bits per heavy atom. The summed E-state index contributed by atoms with van der Waals surface area (Å²) in [5.74, 6) is -1.28. The van der Waals surface area contributed by atoms with Crippen LogP contribution in [0.3, 0.4) is 0 Å². The SMILES string of the molecule is O=C(CS(=O)c1ccccc1F)Nc1cccc(Br)c1. The predicted octanol–water partition coefficient (Wildman–Crippen LogP) is 3.33. The van der Waals surface area contributed by atoms with E-state index >= 15 is 0 Å². The Kier molecular flexibility index (Phi) is 5.03. The van der Waals surface area contributed by atoms with Gasteiger partial charge in [0.2, 0.25) is 5.91 Å². The largest absolute Gasteiger partial charge is 0.325 e. The summed E-state index contributed by atoms with van der Waals surface area (Å²) in [7, 11) is -1.70. The first kappa shape index (κ1) is 14.9. The van der Waals surface area contributed by atoms with E-state index in [2.05, 4.69) is 21.2 Å². The Labute approximate surface area is 126 Å². The van der Waals surface area contributed by atoms with Gasteiger partial charge in [0.05, 0.1) is 15.7 Å². The smallest absolute Gasteiger partial charge is 0.237 e. The Balaban J connectivity index is 2.02. The number of amides is 1. The van der Waals surface area contributed by atoms with E-state index < -0.39 is 22.5 Å². The molecular weight excluding hydrogens is 345 g/mol. The third-order valence-corrected chi connectivity index (χ3v) is 4.29. The van der Waals surface area contributed by atoms with Crippen molar-refractivity contribution >= 4 is 38.3 Å². The normalized spacial score (nSPS) is 11.9. The van der Waals surface area contributed by atoms with Crippen molar-refractivity contribution in [1.29, 1.82) is 0 Å². The predicted molar refractivity (Wildman–Crippen MR) is 80.4 cm³/mol. The van der Waals surface area contributed by atoms with Crippen LogP contribution in [0.1, 0.15) is 0 Å². The van der Waals surface area contributed by atoms with Gasteiger partial charge < -0.3 is 5.32 Å². The van der Waals surface area contributed by atoms with Crippen molar-refractivity contribution < 1.29 is 13.4 Å². The molecule has 1 atom stereocenters. The molecule has 104 valence electrons. The van der Waals surface area contributed by atoms with Gasteiger partial charge in [-0.25, -0.2) is 4.39 Å². The molecule has 0 aliphatic rings. The number of hydrogen-bond donors (Lipinski definition) is 1. The second-order valence-corrected chi connectivity index (χ2v) is 6.31. The van der Waals surface area contributed by atoms with Crippen molar-refractivity contribution in [2.75, 3.05) is 11.1 Å². The maximum Gasteiger partial charge on any atom is 0.237 e. The molecule has 0 aliphatic carbocycles. The first-order valence-electron chi connectivity index (χ1n) is 5.74. The summed E-state index contributed by atoms with van der Waals surface area (Å²) in [5.41, 5.74) is 0.593. The van der Waals surface area contributed by atoms with Gasteiger partial charge in [-0.3, -0.25) is 9.00 Å². The molecule has 1 unspecified atom stereocenters. The van der Waals surface area contributed by atoms with Crippen LogP contribution >= 0.6 is 15.9 Å². The standard InChI is InChI=1S/C14H11BrFNO2S/c15-10-4-3-5-11(8-10)17-14(18)9-20(19)13-7-2-1-6-12(13)16/h1-8H,9H2,(H,17,18). The first-order valence-corrected chi connectivity index (χ1v) is 7.86. The molecule has 0 aliphatic heterocycles. The zero-order chi connectivity index (χ0) is 14.5. The number of rotatable bonds is 4. The summed E-state index contributed by atoms with van der Waals surface area (Å²) in [5, 5.41) is 2.62. The average molecular weight is 356 g/mol. The highest BCUT2D eigenvalue weighted by molar-refractivity contribution is 9.10. The van der Waals surface area contributed by atoms with E-state index in [1.807, 2.05) is 6.07 Å². The molecule has 1 N–H and O–H groups in total. The van der Waals surface area contributed by atoms with Crippen LogP contribution in [0, 0.1) is 5.82 Å². The van der Waals surface area contributed by atoms with Crippen LogP contribution < -0.4 is 5.32 Å². The summed E-state index contributed by atoms with van der Waals surface area (Å²) in [4.78, 5) is 11.8. The summed E-state index contributed by atoms with van der Waals surface area (Å²) in [6.07, 6.45) is 0. The molecule has 0 saturated heterocycles. The van der Waals surface area contributed by atoms with Crippen LogP contribution in [-0.2, 0) is 15.6 Å². The van der Waals surface area contributed by atoms with Crippen molar-refractivity contribution in [1.82, 2.24) is 0 Å². The lowest BCUT2D eigenvalue weighted by molar-refractivity contribution is -0.113. The van der Waals surface area contributed by atoms with Crippen molar-refractivity contribution in [3.8, 4) is 0 Å². The van der Waals surface area contributed by atoms with Crippen molar-refractivity contribution in [3.63, 3.8) is 0 Å². The van der Waals surface area contributed by atoms with Crippen LogP contribution in [-0.4, -0.2) is 15.9 Å². The quantitative estimate of drug-likeness (QED) is 0.914. The molecule has 2 aromatic rings. The highest BCUT2D eigenvalue weighted by Crippen LogP contribution is 2.16. The number of nitrogens with one attached hydrogen (secondary N) is 1. The minimum absolute atomic E-state index is 0.0388. The van der Waals surface area contributed by atoms with E-state index in [9.17, 15) is 13.4 Å². The lowest BCUT2D eigenvalue weighted by atomic mass is 10.3. The molecule has 0 saturated carbocycles. The molecule has 3 nitrogen and oxygen atoms in total. The summed E-state index contributed by atoms with van der Waals surface area (Å²) >= 11 is 3.29. The maximum absolute atomic E-state index is 13.4. The fraction of sp³-hybridized carbons (Fsp3) is 0.0714. The van der Waals surface area contributed by atoms with Crippen LogP contribution in [0.5, 0.6) is 0 Å². The monoisotopic (exact) mass is 355 g/mol. The minimum atomic E-state index is -1.70. The topological polar surface area (TPSA) is 46.2 Å². The Hall–Kier alpha value is -1.53. The van der Waals surface area contributed by atoms with Gasteiger partial charge in [0.1, 0.15) is 11.6 Å². The summed E-state index contributed by atoms with van der Waals surface area (Å²) in [6.45, 7) is 0. The number of halogens is 2. The molecule has 0 aromatic heterocycles. The Morgan fingerprint density at radius 3 is 2.65 bits per heavy atom. The summed E-state index contributed by atoms with van der Waals surface area (Å²) in [6, 6.07) is 12.8. The van der Waals surface area contributed by atoms with E-state index in [0.717, 1.165) is 4.47 Å². The van der Waals surface area contributed by atoms with E-state index in [1.54, 1.807) is 24.3 Å². The zero-order valence-electron chi connectivity index (χ0n) is 10.3. The molecular formula is C14H11BrFNO2S. The molecule has 0 bridgehead atoms. The lowest BCUT2D eigenvalue weighted by Crippen LogP contribution is -2.20. The van der Waals surface area contributed by atoms with E-state index in [0.29, 0.717) is 5.69 Å². The van der Waals surface area contributed by atoms with Crippen molar-refractivity contribution in [3.05, 3.63) is 58.8 Å². The third kappa shape index (κ3) is 3.98. The van der Waals surface area contributed by atoms with Gasteiger partial charge in [0.15, 0.2) is 0 Å². The van der Waals surface area contributed by atoms with Gasteiger partial charge in [0, 0.05) is 10.2 Å². The highest BCUT2D eigenvalue weighted by atomic mass is 79.9. The van der Waals surface area contributed by atoms with Crippen molar-refractivity contribution in [2.45, 2.75) is 4.90 Å². The molecule has 20 heavy (non-hydrogen) atoms. The van der Waals surface area contributed by atoms with E-state index in [-0.39, 0.29) is 10.6 Å². The molecule has 0 radical (unpaired) electrons. The minimum Gasteiger partial charge on any atom is -0.325 e. The second-order valence-electron chi connectivity index (χ2n) is 3.98. The number of hydrogen-bond acceptors (Lipinski definition) is 2. The molecule has 2 rings (SSSR count). The number of carbonyl (C=O) groups is 1. The fourth-order valence-corrected chi connectivity index (χ4v) is 2.97. The van der Waals surface area contributed by atoms with Crippen LogP contribution in [0.15, 0.2) is 57.9 Å². The summed E-state index contributed by atoms with van der Waals surface area (Å²) < 4.78 is 26.2. The molecule has 2 aromatic carbocycles. The van der Waals surface area contributed by atoms with Gasteiger partial charge in [0.25, 0.3) is 0 Å². The maximum atomic E-state index is 13.4. The molecule has 6 heteroatoms. The van der Waals surface area contributed by atoms with E-state index in [1.165, 1.54) is 18.2 Å². The zero-order valence-corrected chi connectivity index (χ0v) is 12.7. The van der Waals surface area contributed by atoms with Gasteiger partial charge in [-0.15, -0.1) is 0 Å². The average Bonchev–Trinajstić information content (AvgIpc) is 2.38. The highest BCUT2D eigenvalue weighted by Gasteiger charge is 2.13. The van der Waals surface area contributed by atoms with Crippen molar-refractivity contribution in [2.24, 2.45) is 0 Å².